The number of rotatable bonds is 10. The number of benzene rings is 4. The lowest BCUT2D eigenvalue weighted by Crippen LogP contribution is -2.45. The van der Waals surface area contributed by atoms with Crippen molar-refractivity contribution in [3.8, 4) is 0 Å². The molecule has 3 aliphatic rings. The number of fused-ring (bicyclic) bond motifs is 2. The molecule has 7 rings (SSSR count). The van der Waals surface area contributed by atoms with Crippen LogP contribution < -0.4 is 9.80 Å². The van der Waals surface area contributed by atoms with E-state index in [-0.39, 0.29) is 50.4 Å². The number of hydrogen-bond acceptors (Lipinski definition) is 5. The molecule has 0 saturated carbocycles. The van der Waals surface area contributed by atoms with E-state index in [0.717, 1.165) is 22.0 Å². The van der Waals surface area contributed by atoms with E-state index < -0.39 is 31.6 Å². The zero-order valence-corrected chi connectivity index (χ0v) is 28.9. The molecular weight excluding hydrogens is 638 g/mol. The highest BCUT2D eigenvalue weighted by atomic mass is 28.4. The van der Waals surface area contributed by atoms with E-state index in [1.54, 1.807) is 33.9 Å². The molecule has 10 heteroatoms. The average Bonchev–Trinajstić information content (AvgIpc) is 3.63. The number of nitrogens with zero attached hydrogens (tertiary/aromatic N) is 3. The van der Waals surface area contributed by atoms with Crippen LogP contribution >= 0.6 is 0 Å². The minimum absolute atomic E-state index is 0.111. The normalized spacial score (nSPS) is 22.8. The van der Waals surface area contributed by atoms with Crippen molar-refractivity contribution >= 4 is 54.0 Å². The minimum atomic E-state index is -3.56. The fourth-order valence-electron chi connectivity index (χ4n) is 8.37. The van der Waals surface area contributed by atoms with Crippen molar-refractivity contribution in [2.45, 2.75) is 50.2 Å². The molecule has 0 aromatic heterocycles. The van der Waals surface area contributed by atoms with Crippen LogP contribution in [-0.4, -0.2) is 61.9 Å². The number of hydrogen-bond donors (Lipinski definition) is 1. The van der Waals surface area contributed by atoms with Gasteiger partial charge in [0.15, 0.2) is 5.60 Å². The van der Waals surface area contributed by atoms with Gasteiger partial charge in [0.1, 0.15) is 0 Å². The van der Waals surface area contributed by atoms with Crippen LogP contribution in [0.3, 0.4) is 0 Å². The molecule has 4 atom stereocenters. The Labute approximate surface area is 286 Å². The summed E-state index contributed by atoms with van der Waals surface area (Å²) in [5.74, 6) is -1.41. The topological polar surface area (TPSA) is 90.4 Å². The molecule has 252 valence electrons. The average molecular weight is 678 g/mol. The number of amides is 3. The number of aliphatic hydroxyl groups is 1. The summed E-state index contributed by atoms with van der Waals surface area (Å²) >= 11 is 0. The Hall–Kier alpha value is -4.64. The number of anilines is 3. The molecule has 4 aromatic carbocycles. The van der Waals surface area contributed by atoms with E-state index in [1.807, 2.05) is 91.9 Å². The van der Waals surface area contributed by atoms with Crippen molar-refractivity contribution in [1.82, 2.24) is 4.90 Å². The first-order valence-corrected chi connectivity index (χ1v) is 19.7. The first-order chi connectivity index (χ1) is 23.5. The molecule has 4 aromatic rings. The standard InChI is InChI=1S/C39H40FN3O5Si/c1-5-19-42-31-18-17-28(43-32-16-10-14-27-13-9-15-29(35(27)32)37(43)46)22-30(31)39(38(42)47)25(2)36(49(3,4)40)33(48-39)23-34(45)41(20-21-44)24-26-11-7-6-8-12-26/h5-18,22,25,33,36,44H,1,19-21,23-24H2,2-4H3/t25-,33+,36-,39+/m1/s1. The van der Waals surface area contributed by atoms with Crippen molar-refractivity contribution in [2.24, 2.45) is 5.92 Å². The maximum absolute atomic E-state index is 16.5. The van der Waals surface area contributed by atoms with Gasteiger partial charge in [-0.1, -0.05) is 67.6 Å². The number of aliphatic hydroxyl groups excluding tert-OH is 1. The zero-order chi connectivity index (χ0) is 34.7. The molecule has 0 unspecified atom stereocenters. The first-order valence-electron chi connectivity index (χ1n) is 16.7. The summed E-state index contributed by atoms with van der Waals surface area (Å²) in [4.78, 5) is 47.3. The van der Waals surface area contributed by atoms with Crippen LogP contribution in [0.2, 0.25) is 18.6 Å². The van der Waals surface area contributed by atoms with Crippen molar-refractivity contribution in [1.29, 1.82) is 0 Å². The van der Waals surface area contributed by atoms with Crippen molar-refractivity contribution in [2.75, 3.05) is 29.5 Å². The molecule has 3 aliphatic heterocycles. The molecule has 49 heavy (non-hydrogen) atoms. The quantitative estimate of drug-likeness (QED) is 0.113. The van der Waals surface area contributed by atoms with E-state index in [4.69, 9.17) is 4.74 Å². The second kappa shape index (κ2) is 12.4. The summed E-state index contributed by atoms with van der Waals surface area (Å²) in [5, 5.41) is 11.6. The molecule has 3 heterocycles. The predicted octanol–water partition coefficient (Wildman–Crippen LogP) is 6.85. The van der Waals surface area contributed by atoms with Gasteiger partial charge in [-0.05, 0) is 54.4 Å². The van der Waals surface area contributed by atoms with Crippen molar-refractivity contribution in [3.05, 3.63) is 114 Å². The van der Waals surface area contributed by atoms with Crippen LogP contribution in [0.1, 0.15) is 34.8 Å². The first kappa shape index (κ1) is 32.9. The fourth-order valence-corrected chi connectivity index (χ4v) is 10.9. The molecule has 8 nitrogen and oxygen atoms in total. The lowest BCUT2D eigenvalue weighted by atomic mass is 9.82. The summed E-state index contributed by atoms with van der Waals surface area (Å²) in [6.07, 6.45) is 0.607. The van der Waals surface area contributed by atoms with E-state index in [9.17, 15) is 19.5 Å². The van der Waals surface area contributed by atoms with Gasteiger partial charge in [-0.25, -0.2) is 0 Å². The highest BCUT2D eigenvalue weighted by molar-refractivity contribution is 6.72. The third-order valence-corrected chi connectivity index (χ3v) is 12.8. The molecule has 0 aliphatic carbocycles. The van der Waals surface area contributed by atoms with E-state index in [2.05, 4.69) is 6.58 Å². The van der Waals surface area contributed by atoms with Crippen LogP contribution in [0.4, 0.5) is 21.2 Å². The van der Waals surface area contributed by atoms with Gasteiger partial charge in [-0.2, -0.15) is 0 Å². The third kappa shape index (κ3) is 5.21. The van der Waals surface area contributed by atoms with Gasteiger partial charge in [-0.15, -0.1) is 6.58 Å². The van der Waals surface area contributed by atoms with Gasteiger partial charge in [0.25, 0.3) is 11.8 Å². The molecule has 3 amide bonds. The van der Waals surface area contributed by atoms with Crippen molar-refractivity contribution < 1.29 is 28.3 Å². The number of ether oxygens (including phenoxy) is 1. The third-order valence-electron chi connectivity index (χ3n) is 10.4. The molecule has 1 spiro atoms. The Bertz CT molecular complexity index is 1980. The summed E-state index contributed by atoms with van der Waals surface area (Å²) < 4.78 is 23.3. The largest absolute Gasteiger partial charge is 0.395 e. The van der Waals surface area contributed by atoms with Crippen LogP contribution in [0.15, 0.2) is 97.6 Å². The summed E-state index contributed by atoms with van der Waals surface area (Å²) in [7, 11) is -3.56. The number of carbonyl (C=O) groups excluding carboxylic acids is 3. The Kier molecular flexibility index (Phi) is 8.29. The second-order valence-electron chi connectivity index (χ2n) is 13.7. The van der Waals surface area contributed by atoms with E-state index in [0.29, 0.717) is 22.5 Å². The van der Waals surface area contributed by atoms with Crippen LogP contribution in [0.5, 0.6) is 0 Å². The zero-order valence-electron chi connectivity index (χ0n) is 27.9. The highest BCUT2D eigenvalue weighted by Gasteiger charge is 2.67. The van der Waals surface area contributed by atoms with Crippen LogP contribution in [-0.2, 0) is 26.5 Å². The lowest BCUT2D eigenvalue weighted by molar-refractivity contribution is -0.149. The Morgan fingerprint density at radius 2 is 1.78 bits per heavy atom. The summed E-state index contributed by atoms with van der Waals surface area (Å²) in [6, 6.07) is 26.4. The fraction of sp³-hybridized carbons (Fsp3) is 0.308. The smallest absolute Gasteiger partial charge is 0.264 e. The predicted molar refractivity (Wildman–Crippen MR) is 191 cm³/mol. The van der Waals surface area contributed by atoms with Gasteiger partial charge in [0.05, 0.1) is 36.1 Å². The van der Waals surface area contributed by atoms with E-state index in [1.165, 1.54) is 0 Å². The summed E-state index contributed by atoms with van der Waals surface area (Å²) in [5.41, 5.74) is 1.71. The minimum Gasteiger partial charge on any atom is -0.395 e. The Balaban J connectivity index is 1.30. The number of halogens is 1. The van der Waals surface area contributed by atoms with Gasteiger partial charge in [0.2, 0.25) is 14.3 Å². The molecule has 1 saturated heterocycles. The summed E-state index contributed by atoms with van der Waals surface area (Å²) in [6.45, 7) is 9.30. The Morgan fingerprint density at radius 1 is 1.04 bits per heavy atom. The second-order valence-corrected chi connectivity index (χ2v) is 17.5. The molecule has 0 bridgehead atoms. The van der Waals surface area contributed by atoms with Gasteiger partial charge < -0.3 is 23.8 Å². The monoisotopic (exact) mass is 677 g/mol. The van der Waals surface area contributed by atoms with Gasteiger partial charge in [0, 0.05) is 47.7 Å². The molecule has 1 fully saturated rings. The molecule has 1 N–H and O–H groups in total. The molecular formula is C39H40FN3O5Si. The van der Waals surface area contributed by atoms with E-state index >= 15 is 4.11 Å². The maximum atomic E-state index is 16.5. The maximum Gasteiger partial charge on any atom is 0.264 e. The SMILES string of the molecule is C=CCN1C(=O)[C@@]2(O[C@@H](CC(=O)N(CCO)Cc3ccccc3)[C@H]([Si](C)(C)F)[C@H]2C)c2cc(N3C(=O)c4cccc5cccc3c45)ccc21. The highest BCUT2D eigenvalue weighted by Crippen LogP contribution is 2.61. The lowest BCUT2D eigenvalue weighted by Gasteiger charge is -2.31. The van der Waals surface area contributed by atoms with Crippen LogP contribution in [0.25, 0.3) is 10.8 Å². The van der Waals surface area contributed by atoms with Crippen LogP contribution in [0, 0.1) is 5.92 Å². The molecule has 0 radical (unpaired) electrons. The van der Waals surface area contributed by atoms with Gasteiger partial charge >= 0.3 is 0 Å². The Morgan fingerprint density at radius 3 is 2.47 bits per heavy atom. The van der Waals surface area contributed by atoms with Gasteiger partial charge in [-0.3, -0.25) is 19.3 Å². The van der Waals surface area contributed by atoms with Crippen molar-refractivity contribution in [3.63, 3.8) is 0 Å². The number of carbonyl (C=O) groups is 3.